The molecule has 2 nitrogen and oxygen atoms in total. The van der Waals surface area contributed by atoms with Crippen molar-refractivity contribution < 1.29 is 10.2 Å². The molecular weight excluding hydrogens is 212 g/mol. The van der Waals surface area contributed by atoms with Crippen LogP contribution in [0.1, 0.15) is 44.6 Å². The lowest BCUT2D eigenvalue weighted by molar-refractivity contribution is -0.122. The average Bonchev–Trinajstić information content (AvgIpc) is 2.39. The fraction of sp³-hybridized carbons (Fsp3) is 0.600. The first-order valence-corrected chi connectivity index (χ1v) is 6.61. The van der Waals surface area contributed by atoms with Gasteiger partial charge >= 0.3 is 0 Å². The molecule has 0 heterocycles. The summed E-state index contributed by atoms with van der Waals surface area (Å²) >= 11 is 0. The first-order valence-electron chi connectivity index (χ1n) is 6.61. The molecule has 17 heavy (non-hydrogen) atoms. The summed E-state index contributed by atoms with van der Waals surface area (Å²) < 4.78 is 0. The molecule has 1 saturated carbocycles. The van der Waals surface area contributed by atoms with Crippen LogP contribution in [-0.4, -0.2) is 16.3 Å². The highest BCUT2D eigenvalue weighted by atomic mass is 16.3. The maximum Gasteiger partial charge on any atom is 0.118 e. The predicted molar refractivity (Wildman–Crippen MR) is 68.6 cm³/mol. The number of hydrogen-bond donors (Lipinski definition) is 2. The maximum atomic E-state index is 10.9. The molecule has 0 aromatic heterocycles. The van der Waals surface area contributed by atoms with Crippen LogP contribution in [0.3, 0.4) is 0 Å². The summed E-state index contributed by atoms with van der Waals surface area (Å²) in [5.41, 5.74) is -0.233. The molecule has 1 fully saturated rings. The van der Waals surface area contributed by atoms with Crippen molar-refractivity contribution in [2.45, 2.75) is 50.7 Å². The Morgan fingerprint density at radius 2 is 1.71 bits per heavy atom. The second-order valence-corrected chi connectivity index (χ2v) is 5.20. The van der Waals surface area contributed by atoms with Crippen LogP contribution in [0, 0.1) is 5.92 Å². The summed E-state index contributed by atoms with van der Waals surface area (Å²) in [4.78, 5) is 0. The quantitative estimate of drug-likeness (QED) is 0.844. The number of benzene rings is 1. The second-order valence-electron chi connectivity index (χ2n) is 5.20. The summed E-state index contributed by atoms with van der Waals surface area (Å²) in [5.74, 6) is 0.179. The minimum Gasteiger partial charge on any atom is -0.390 e. The van der Waals surface area contributed by atoms with Gasteiger partial charge in [-0.25, -0.2) is 0 Å². The predicted octanol–water partition coefficient (Wildman–Crippen LogP) is 2.84. The molecule has 2 rings (SSSR count). The third-order valence-corrected chi connectivity index (χ3v) is 4.10. The summed E-state index contributed by atoms with van der Waals surface area (Å²) in [6.45, 7) is 1.70. The molecular formula is C15H22O2. The molecule has 2 N–H and O–H groups in total. The Hall–Kier alpha value is -0.860. The van der Waals surface area contributed by atoms with Gasteiger partial charge in [-0.05, 0) is 31.2 Å². The van der Waals surface area contributed by atoms with Gasteiger partial charge in [-0.1, -0.05) is 49.6 Å². The van der Waals surface area contributed by atoms with E-state index >= 15 is 0 Å². The highest BCUT2D eigenvalue weighted by Crippen LogP contribution is 2.41. The van der Waals surface area contributed by atoms with Gasteiger partial charge in [0.2, 0.25) is 0 Å². The fourth-order valence-electron chi connectivity index (χ4n) is 3.07. The van der Waals surface area contributed by atoms with Gasteiger partial charge in [-0.3, -0.25) is 0 Å². The van der Waals surface area contributed by atoms with Gasteiger partial charge in [0.1, 0.15) is 5.60 Å². The van der Waals surface area contributed by atoms with Gasteiger partial charge in [0.25, 0.3) is 0 Å². The molecule has 1 aliphatic carbocycles. The van der Waals surface area contributed by atoms with Crippen LogP contribution < -0.4 is 0 Å². The van der Waals surface area contributed by atoms with Crippen molar-refractivity contribution in [3.63, 3.8) is 0 Å². The molecule has 94 valence electrons. The van der Waals surface area contributed by atoms with Crippen molar-refractivity contribution in [2.75, 3.05) is 0 Å². The number of hydrogen-bond acceptors (Lipinski definition) is 2. The summed E-state index contributed by atoms with van der Waals surface area (Å²) in [5, 5.41) is 21.0. The monoisotopic (exact) mass is 234 g/mol. The lowest BCUT2D eigenvalue weighted by atomic mass is 9.71. The Morgan fingerprint density at radius 3 is 2.24 bits per heavy atom. The zero-order valence-corrected chi connectivity index (χ0v) is 10.5. The van der Waals surface area contributed by atoms with E-state index in [1.807, 2.05) is 30.3 Å². The lowest BCUT2D eigenvalue weighted by Gasteiger charge is -2.41. The molecule has 0 aliphatic heterocycles. The van der Waals surface area contributed by atoms with Crippen molar-refractivity contribution in [1.29, 1.82) is 0 Å². The van der Waals surface area contributed by atoms with E-state index in [-0.39, 0.29) is 5.92 Å². The number of aliphatic hydroxyl groups excluding tert-OH is 1. The lowest BCUT2D eigenvalue weighted by Crippen LogP contribution is -2.45. The van der Waals surface area contributed by atoms with Gasteiger partial charge in [0, 0.05) is 0 Å². The molecule has 2 unspecified atom stereocenters. The van der Waals surface area contributed by atoms with Crippen LogP contribution in [-0.2, 0) is 5.60 Å². The molecule has 0 spiro atoms. The van der Waals surface area contributed by atoms with Crippen LogP contribution in [0.25, 0.3) is 0 Å². The van der Waals surface area contributed by atoms with Crippen molar-refractivity contribution >= 4 is 0 Å². The molecule has 0 saturated heterocycles. The van der Waals surface area contributed by atoms with E-state index < -0.39 is 11.7 Å². The van der Waals surface area contributed by atoms with Crippen molar-refractivity contribution in [2.24, 2.45) is 5.92 Å². The number of rotatable bonds is 3. The molecule has 0 bridgehead atoms. The first-order chi connectivity index (χ1) is 8.15. The van der Waals surface area contributed by atoms with Crippen molar-refractivity contribution in [3.05, 3.63) is 35.9 Å². The molecule has 2 heteroatoms. The number of aliphatic hydroxyl groups is 2. The largest absolute Gasteiger partial charge is 0.390 e. The highest BCUT2D eigenvalue weighted by Gasteiger charge is 2.42. The average molecular weight is 234 g/mol. The van der Waals surface area contributed by atoms with Crippen LogP contribution in [0.15, 0.2) is 30.3 Å². The highest BCUT2D eigenvalue weighted by molar-refractivity contribution is 5.24. The third-order valence-electron chi connectivity index (χ3n) is 4.10. The normalized spacial score (nSPS) is 23.0. The van der Waals surface area contributed by atoms with Crippen LogP contribution >= 0.6 is 0 Å². The first kappa shape index (κ1) is 12.6. The Balaban J connectivity index is 2.31. The van der Waals surface area contributed by atoms with E-state index in [2.05, 4.69) is 0 Å². The van der Waals surface area contributed by atoms with Gasteiger partial charge in [0.05, 0.1) is 6.10 Å². The minimum absolute atomic E-state index is 0.179. The van der Waals surface area contributed by atoms with Crippen molar-refractivity contribution in [1.82, 2.24) is 0 Å². The molecule has 1 aromatic rings. The summed E-state index contributed by atoms with van der Waals surface area (Å²) in [6, 6.07) is 9.62. The zero-order chi connectivity index (χ0) is 12.3. The molecule has 0 radical (unpaired) electrons. The van der Waals surface area contributed by atoms with E-state index in [1.54, 1.807) is 6.92 Å². The zero-order valence-electron chi connectivity index (χ0n) is 10.5. The van der Waals surface area contributed by atoms with Gasteiger partial charge < -0.3 is 10.2 Å². The minimum atomic E-state index is -1.08. The van der Waals surface area contributed by atoms with Gasteiger partial charge in [0.15, 0.2) is 0 Å². The molecule has 2 atom stereocenters. The van der Waals surface area contributed by atoms with Crippen LogP contribution in [0.2, 0.25) is 0 Å². The van der Waals surface area contributed by atoms with Crippen LogP contribution in [0.4, 0.5) is 0 Å². The van der Waals surface area contributed by atoms with E-state index in [1.165, 1.54) is 6.42 Å². The SMILES string of the molecule is CC(O)C(O)(c1ccccc1)C1CCCCC1. The summed E-state index contributed by atoms with van der Waals surface area (Å²) in [6.07, 6.45) is 4.86. The molecule has 0 amide bonds. The van der Waals surface area contributed by atoms with Gasteiger partial charge in [-0.15, -0.1) is 0 Å². The Morgan fingerprint density at radius 1 is 1.12 bits per heavy atom. The third kappa shape index (κ3) is 2.38. The van der Waals surface area contributed by atoms with E-state index in [9.17, 15) is 10.2 Å². The smallest absolute Gasteiger partial charge is 0.118 e. The molecule has 1 aliphatic rings. The Bertz CT molecular complexity index is 341. The topological polar surface area (TPSA) is 40.5 Å². The Kier molecular flexibility index (Phi) is 3.85. The standard InChI is InChI=1S/C15H22O2/c1-12(16)15(17,13-8-4-2-5-9-13)14-10-6-3-7-11-14/h2,4-5,8-9,12,14,16-17H,3,6-7,10-11H2,1H3. The van der Waals surface area contributed by atoms with E-state index in [0.717, 1.165) is 31.2 Å². The summed E-state index contributed by atoms with van der Waals surface area (Å²) in [7, 11) is 0. The Labute approximate surface area is 103 Å². The van der Waals surface area contributed by atoms with Crippen molar-refractivity contribution in [3.8, 4) is 0 Å². The van der Waals surface area contributed by atoms with E-state index in [0.29, 0.717) is 0 Å². The van der Waals surface area contributed by atoms with Gasteiger partial charge in [-0.2, -0.15) is 0 Å². The second kappa shape index (κ2) is 5.19. The van der Waals surface area contributed by atoms with E-state index in [4.69, 9.17) is 0 Å². The maximum absolute atomic E-state index is 10.9. The molecule has 1 aromatic carbocycles. The van der Waals surface area contributed by atoms with Crippen LogP contribution in [0.5, 0.6) is 0 Å². The fourth-order valence-corrected chi connectivity index (χ4v) is 3.07.